The van der Waals surface area contributed by atoms with Crippen LogP contribution in [0.4, 0.5) is 0 Å². The molecule has 5 heteroatoms. The molecule has 108 valence electrons. The van der Waals surface area contributed by atoms with Crippen molar-refractivity contribution in [2.24, 2.45) is 0 Å². The molecule has 0 amide bonds. The Morgan fingerprint density at radius 1 is 1.53 bits per heavy atom. The fraction of sp³-hybridized carbons (Fsp3) is 0.786. The quantitative estimate of drug-likeness (QED) is 0.832. The van der Waals surface area contributed by atoms with Gasteiger partial charge in [0.1, 0.15) is 0 Å². The van der Waals surface area contributed by atoms with Gasteiger partial charge in [-0.1, -0.05) is 6.92 Å². The molecule has 1 aliphatic rings. The van der Waals surface area contributed by atoms with Crippen molar-refractivity contribution in [3.05, 3.63) is 18.0 Å². The first-order chi connectivity index (χ1) is 9.22. The lowest BCUT2D eigenvalue weighted by atomic mass is 10.1. The van der Waals surface area contributed by atoms with Crippen LogP contribution in [0.15, 0.2) is 12.4 Å². The van der Waals surface area contributed by atoms with E-state index in [9.17, 15) is 5.11 Å². The molecule has 1 N–H and O–H groups in total. The van der Waals surface area contributed by atoms with Gasteiger partial charge in [0.05, 0.1) is 25.0 Å². The molecule has 0 radical (unpaired) electrons. The van der Waals surface area contributed by atoms with Crippen LogP contribution in [-0.4, -0.2) is 58.2 Å². The van der Waals surface area contributed by atoms with E-state index in [4.69, 9.17) is 4.74 Å². The standard InChI is InChI=1S/C14H25N3O2/c1-3-5-16-6-7-19-14(11-16)13(18)8-12-9-15-17(4-2)10-12/h9-10,13-14,18H,3-8,11H2,1-2H3. The zero-order valence-corrected chi connectivity index (χ0v) is 12.0. The maximum atomic E-state index is 10.3. The Balaban J connectivity index is 1.86. The Labute approximate surface area is 115 Å². The van der Waals surface area contributed by atoms with Gasteiger partial charge in [-0.25, -0.2) is 0 Å². The summed E-state index contributed by atoms with van der Waals surface area (Å²) in [4.78, 5) is 2.37. The lowest BCUT2D eigenvalue weighted by molar-refractivity contribution is -0.0877. The van der Waals surface area contributed by atoms with Crippen molar-refractivity contribution < 1.29 is 9.84 Å². The zero-order chi connectivity index (χ0) is 13.7. The molecule has 0 saturated carbocycles. The average Bonchev–Trinajstić information content (AvgIpc) is 2.87. The van der Waals surface area contributed by atoms with Crippen LogP contribution >= 0.6 is 0 Å². The fourth-order valence-electron chi connectivity index (χ4n) is 2.54. The van der Waals surface area contributed by atoms with Crippen LogP contribution in [0, 0.1) is 0 Å². The number of hydrogen-bond donors (Lipinski definition) is 1. The molecular weight excluding hydrogens is 242 g/mol. The molecule has 5 nitrogen and oxygen atoms in total. The van der Waals surface area contributed by atoms with Gasteiger partial charge < -0.3 is 9.84 Å². The first-order valence-corrected chi connectivity index (χ1v) is 7.26. The summed E-state index contributed by atoms with van der Waals surface area (Å²) in [5.41, 5.74) is 1.07. The van der Waals surface area contributed by atoms with Crippen molar-refractivity contribution in [2.75, 3.05) is 26.2 Å². The predicted octanol–water partition coefficient (Wildman–Crippen LogP) is 0.917. The molecule has 2 atom stereocenters. The van der Waals surface area contributed by atoms with Crippen molar-refractivity contribution in [3.63, 3.8) is 0 Å². The molecule has 1 saturated heterocycles. The van der Waals surface area contributed by atoms with Gasteiger partial charge in [0.15, 0.2) is 0 Å². The second kappa shape index (κ2) is 7.03. The molecule has 0 aromatic carbocycles. The first-order valence-electron chi connectivity index (χ1n) is 7.26. The van der Waals surface area contributed by atoms with Crippen LogP contribution in [0.3, 0.4) is 0 Å². The number of aliphatic hydroxyl groups is 1. The van der Waals surface area contributed by atoms with E-state index in [1.807, 2.05) is 17.1 Å². The van der Waals surface area contributed by atoms with Gasteiger partial charge in [-0.2, -0.15) is 5.10 Å². The van der Waals surface area contributed by atoms with E-state index in [0.717, 1.165) is 44.8 Å². The largest absolute Gasteiger partial charge is 0.390 e. The van der Waals surface area contributed by atoms with Crippen molar-refractivity contribution in [1.82, 2.24) is 14.7 Å². The van der Waals surface area contributed by atoms with Gasteiger partial charge in [0, 0.05) is 32.3 Å². The normalized spacial score (nSPS) is 22.6. The van der Waals surface area contributed by atoms with E-state index in [1.54, 1.807) is 0 Å². The van der Waals surface area contributed by atoms with Gasteiger partial charge in [-0.15, -0.1) is 0 Å². The average molecular weight is 267 g/mol. The molecule has 0 aliphatic carbocycles. The summed E-state index contributed by atoms with van der Waals surface area (Å²) in [5, 5.41) is 14.5. The van der Waals surface area contributed by atoms with Gasteiger partial charge in [0.2, 0.25) is 0 Å². The highest BCUT2D eigenvalue weighted by Gasteiger charge is 2.26. The van der Waals surface area contributed by atoms with Crippen molar-refractivity contribution >= 4 is 0 Å². The Hall–Kier alpha value is -0.910. The minimum atomic E-state index is -0.450. The fourth-order valence-corrected chi connectivity index (χ4v) is 2.54. The van der Waals surface area contributed by atoms with E-state index in [1.165, 1.54) is 0 Å². The van der Waals surface area contributed by atoms with Crippen molar-refractivity contribution in [1.29, 1.82) is 0 Å². The Kier molecular flexibility index (Phi) is 5.36. The van der Waals surface area contributed by atoms with Crippen LogP contribution in [0.25, 0.3) is 0 Å². The third-order valence-electron chi connectivity index (χ3n) is 3.60. The third kappa shape index (κ3) is 4.03. The van der Waals surface area contributed by atoms with E-state index >= 15 is 0 Å². The molecule has 2 heterocycles. The van der Waals surface area contributed by atoms with E-state index < -0.39 is 6.10 Å². The molecule has 2 rings (SSSR count). The van der Waals surface area contributed by atoms with Crippen LogP contribution in [0.5, 0.6) is 0 Å². The Morgan fingerprint density at radius 2 is 2.37 bits per heavy atom. The molecular formula is C14H25N3O2. The summed E-state index contributed by atoms with van der Waals surface area (Å²) < 4.78 is 7.58. The lowest BCUT2D eigenvalue weighted by Gasteiger charge is -2.35. The smallest absolute Gasteiger partial charge is 0.0964 e. The second-order valence-electron chi connectivity index (χ2n) is 5.19. The summed E-state index contributed by atoms with van der Waals surface area (Å²) >= 11 is 0. The number of aryl methyl sites for hydroxylation is 1. The maximum Gasteiger partial charge on any atom is 0.0964 e. The number of aliphatic hydroxyl groups excluding tert-OH is 1. The van der Waals surface area contributed by atoms with Crippen LogP contribution in [0.2, 0.25) is 0 Å². The minimum Gasteiger partial charge on any atom is -0.390 e. The summed E-state index contributed by atoms with van der Waals surface area (Å²) in [6.07, 6.45) is 5.06. The van der Waals surface area contributed by atoms with E-state index in [-0.39, 0.29) is 6.10 Å². The van der Waals surface area contributed by atoms with Crippen LogP contribution in [0.1, 0.15) is 25.8 Å². The minimum absolute atomic E-state index is 0.0784. The van der Waals surface area contributed by atoms with Crippen LogP contribution < -0.4 is 0 Å². The molecule has 1 aliphatic heterocycles. The Morgan fingerprint density at radius 3 is 3.05 bits per heavy atom. The number of hydrogen-bond acceptors (Lipinski definition) is 4. The highest BCUT2D eigenvalue weighted by Crippen LogP contribution is 2.13. The summed E-state index contributed by atoms with van der Waals surface area (Å²) in [7, 11) is 0. The van der Waals surface area contributed by atoms with Gasteiger partial charge >= 0.3 is 0 Å². The lowest BCUT2D eigenvalue weighted by Crippen LogP contribution is -2.48. The predicted molar refractivity (Wildman–Crippen MR) is 74.1 cm³/mol. The number of nitrogens with zero attached hydrogens (tertiary/aromatic N) is 3. The number of ether oxygens (including phenoxy) is 1. The molecule has 1 aromatic rings. The molecule has 19 heavy (non-hydrogen) atoms. The summed E-state index contributed by atoms with van der Waals surface area (Å²) in [5.74, 6) is 0. The maximum absolute atomic E-state index is 10.3. The number of aromatic nitrogens is 2. The number of rotatable bonds is 6. The molecule has 1 aromatic heterocycles. The third-order valence-corrected chi connectivity index (χ3v) is 3.60. The zero-order valence-electron chi connectivity index (χ0n) is 12.0. The van der Waals surface area contributed by atoms with Crippen molar-refractivity contribution in [3.8, 4) is 0 Å². The molecule has 0 spiro atoms. The highest BCUT2D eigenvalue weighted by molar-refractivity contribution is 5.06. The van der Waals surface area contributed by atoms with Crippen molar-refractivity contribution in [2.45, 2.75) is 45.4 Å². The number of morpholine rings is 1. The van der Waals surface area contributed by atoms with Gasteiger partial charge in [0.25, 0.3) is 0 Å². The monoisotopic (exact) mass is 267 g/mol. The summed E-state index contributed by atoms with van der Waals surface area (Å²) in [6.45, 7) is 8.71. The second-order valence-corrected chi connectivity index (χ2v) is 5.19. The highest BCUT2D eigenvalue weighted by atomic mass is 16.5. The molecule has 1 fully saturated rings. The van der Waals surface area contributed by atoms with Gasteiger partial charge in [-0.3, -0.25) is 9.58 Å². The van der Waals surface area contributed by atoms with Crippen LogP contribution in [-0.2, 0) is 17.7 Å². The Bertz CT molecular complexity index is 379. The molecule has 2 unspecified atom stereocenters. The van der Waals surface area contributed by atoms with E-state index in [0.29, 0.717) is 6.42 Å². The van der Waals surface area contributed by atoms with E-state index in [2.05, 4.69) is 23.8 Å². The SMILES string of the molecule is CCCN1CCOC(C(O)Cc2cnn(CC)c2)C1. The molecule has 0 bridgehead atoms. The first kappa shape index (κ1) is 14.5. The van der Waals surface area contributed by atoms with Gasteiger partial charge in [-0.05, 0) is 25.5 Å². The topological polar surface area (TPSA) is 50.5 Å². The summed E-state index contributed by atoms with van der Waals surface area (Å²) in [6, 6.07) is 0.